The molecule has 0 aromatic heterocycles. The molecule has 1 aliphatic rings. The zero-order valence-electron chi connectivity index (χ0n) is 15.0. The van der Waals surface area contributed by atoms with Crippen molar-refractivity contribution in [3.8, 4) is 0 Å². The van der Waals surface area contributed by atoms with Gasteiger partial charge in [-0.2, -0.15) is 0 Å². The molecule has 134 valence electrons. The Bertz CT molecular complexity index is 695. The largest absolute Gasteiger partial charge is 0.480 e. The van der Waals surface area contributed by atoms with E-state index in [9.17, 15) is 19.5 Å². The van der Waals surface area contributed by atoms with Gasteiger partial charge in [0.25, 0.3) is 5.91 Å². The Morgan fingerprint density at radius 3 is 2.20 bits per heavy atom. The molecular weight excluding hydrogens is 320 g/mol. The Hall–Kier alpha value is -2.63. The summed E-state index contributed by atoms with van der Waals surface area (Å²) in [5, 5.41) is 9.23. The van der Waals surface area contributed by atoms with Crippen molar-refractivity contribution in [2.24, 2.45) is 11.8 Å². The highest BCUT2D eigenvalue weighted by Crippen LogP contribution is 2.30. The number of carbonyl (C=O) groups excluding carboxylic acids is 2. The molecule has 6 nitrogen and oxygen atoms in total. The van der Waals surface area contributed by atoms with E-state index in [2.05, 4.69) is 0 Å². The molecule has 1 aromatic rings. The van der Waals surface area contributed by atoms with Crippen molar-refractivity contribution in [1.29, 1.82) is 0 Å². The highest BCUT2D eigenvalue weighted by molar-refractivity contribution is 5.99. The van der Waals surface area contributed by atoms with Crippen LogP contribution in [0.3, 0.4) is 0 Å². The maximum absolute atomic E-state index is 13.1. The van der Waals surface area contributed by atoms with Crippen molar-refractivity contribution >= 4 is 23.5 Å². The monoisotopic (exact) mass is 344 g/mol. The van der Waals surface area contributed by atoms with Gasteiger partial charge in [0.2, 0.25) is 5.91 Å². The van der Waals surface area contributed by atoms with Gasteiger partial charge >= 0.3 is 5.97 Å². The molecule has 25 heavy (non-hydrogen) atoms. The fourth-order valence-electron chi connectivity index (χ4n) is 2.92. The van der Waals surface area contributed by atoms with Crippen molar-refractivity contribution in [3.05, 3.63) is 42.1 Å². The normalized spacial score (nSPS) is 17.9. The van der Waals surface area contributed by atoms with Gasteiger partial charge in [-0.05, 0) is 11.5 Å². The molecule has 1 aromatic carbocycles. The minimum absolute atomic E-state index is 0.139. The van der Waals surface area contributed by atoms with E-state index in [0.29, 0.717) is 11.3 Å². The summed E-state index contributed by atoms with van der Waals surface area (Å²) in [4.78, 5) is 39.7. The van der Waals surface area contributed by atoms with Crippen LogP contribution in [0.2, 0.25) is 0 Å². The van der Waals surface area contributed by atoms with Crippen LogP contribution in [0, 0.1) is 11.8 Å². The van der Waals surface area contributed by atoms with E-state index in [-0.39, 0.29) is 23.7 Å². The molecule has 2 amide bonds. The molecule has 0 saturated heterocycles. The van der Waals surface area contributed by atoms with Gasteiger partial charge in [-0.1, -0.05) is 58.0 Å². The lowest BCUT2D eigenvalue weighted by molar-refractivity contribution is -0.149. The average molecular weight is 344 g/mol. The van der Waals surface area contributed by atoms with Gasteiger partial charge in [-0.15, -0.1) is 0 Å². The molecule has 0 saturated carbocycles. The predicted molar refractivity (Wildman–Crippen MR) is 94.1 cm³/mol. The summed E-state index contributed by atoms with van der Waals surface area (Å²) in [6.07, 6.45) is 1.62. The van der Waals surface area contributed by atoms with E-state index in [0.717, 1.165) is 0 Å². The summed E-state index contributed by atoms with van der Waals surface area (Å²) in [7, 11) is 0. The summed E-state index contributed by atoms with van der Waals surface area (Å²) < 4.78 is 0. The molecule has 6 heteroatoms. The van der Waals surface area contributed by atoms with Crippen molar-refractivity contribution < 1.29 is 19.5 Å². The van der Waals surface area contributed by atoms with Gasteiger partial charge in [0.15, 0.2) is 0 Å². The first-order valence-corrected chi connectivity index (χ1v) is 8.36. The van der Waals surface area contributed by atoms with Crippen LogP contribution in [-0.4, -0.2) is 45.3 Å². The second-order valence-electron chi connectivity index (χ2n) is 6.79. The van der Waals surface area contributed by atoms with Crippen molar-refractivity contribution in [2.75, 3.05) is 6.54 Å². The zero-order chi connectivity index (χ0) is 18.7. The average Bonchev–Trinajstić information content (AvgIpc) is 2.55. The first-order valence-electron chi connectivity index (χ1n) is 8.36. The fourth-order valence-corrected chi connectivity index (χ4v) is 2.92. The van der Waals surface area contributed by atoms with Gasteiger partial charge < -0.3 is 10.0 Å². The number of carbonyl (C=O) groups is 3. The maximum Gasteiger partial charge on any atom is 0.323 e. The maximum atomic E-state index is 13.1. The quantitative estimate of drug-likeness (QED) is 0.890. The molecule has 0 unspecified atom stereocenters. The van der Waals surface area contributed by atoms with E-state index in [1.165, 1.54) is 9.80 Å². The lowest BCUT2D eigenvalue weighted by Crippen LogP contribution is -2.56. The van der Waals surface area contributed by atoms with E-state index in [1.54, 1.807) is 32.2 Å². The minimum Gasteiger partial charge on any atom is -0.480 e. The number of amides is 2. The number of aliphatic carboxylic acids is 1. The lowest BCUT2D eigenvalue weighted by Gasteiger charge is -2.41. The Kier molecular flexibility index (Phi) is 5.62. The topological polar surface area (TPSA) is 77.9 Å². The Morgan fingerprint density at radius 2 is 1.72 bits per heavy atom. The molecule has 1 heterocycles. The van der Waals surface area contributed by atoms with Crippen LogP contribution in [-0.2, 0) is 14.4 Å². The highest BCUT2D eigenvalue weighted by Gasteiger charge is 2.41. The third-order valence-electron chi connectivity index (χ3n) is 4.11. The Balaban J connectivity index is 2.60. The molecule has 1 aliphatic heterocycles. The second-order valence-corrected chi connectivity index (χ2v) is 6.79. The van der Waals surface area contributed by atoms with Crippen LogP contribution in [0.4, 0.5) is 0 Å². The minimum atomic E-state index is -1.10. The number of rotatable bonds is 5. The molecule has 1 N–H and O–H groups in total. The van der Waals surface area contributed by atoms with Gasteiger partial charge in [0.1, 0.15) is 12.6 Å². The molecule has 2 rings (SSSR count). The molecule has 0 aliphatic carbocycles. The summed E-state index contributed by atoms with van der Waals surface area (Å²) in [6.45, 7) is 6.83. The number of nitrogens with zero attached hydrogens (tertiary/aromatic N) is 2. The standard InChI is InChI=1S/C19H24N2O4/c1-12(2)17-19(25)20(11-16(22)23)15(14-8-6-5-7-9-14)10-21(17)18(24)13(3)4/h5-10,12-13,17H,11H2,1-4H3,(H,22,23)/t17-/m0/s1. The summed E-state index contributed by atoms with van der Waals surface area (Å²) in [6, 6.07) is 8.33. The van der Waals surface area contributed by atoms with Crippen LogP contribution in [0.1, 0.15) is 33.3 Å². The number of benzene rings is 1. The summed E-state index contributed by atoms with van der Waals surface area (Å²) in [5.74, 6) is -2.03. The summed E-state index contributed by atoms with van der Waals surface area (Å²) in [5.41, 5.74) is 1.12. The smallest absolute Gasteiger partial charge is 0.323 e. The Morgan fingerprint density at radius 1 is 1.12 bits per heavy atom. The molecule has 0 spiro atoms. The van der Waals surface area contributed by atoms with E-state index >= 15 is 0 Å². The second kappa shape index (κ2) is 7.51. The predicted octanol–water partition coefficient (Wildman–Crippen LogP) is 2.42. The molecule has 0 bridgehead atoms. The molecule has 0 fully saturated rings. The van der Waals surface area contributed by atoms with Crippen LogP contribution in [0.5, 0.6) is 0 Å². The third-order valence-corrected chi connectivity index (χ3v) is 4.11. The third kappa shape index (κ3) is 3.90. The molecule has 1 atom stereocenters. The molecular formula is C19H24N2O4. The van der Waals surface area contributed by atoms with Gasteiger partial charge in [0, 0.05) is 12.1 Å². The number of hydrogen-bond donors (Lipinski definition) is 1. The Labute approximate surface area is 147 Å². The van der Waals surface area contributed by atoms with E-state index in [1.807, 2.05) is 32.0 Å². The van der Waals surface area contributed by atoms with Gasteiger partial charge in [-0.3, -0.25) is 19.3 Å². The number of carboxylic acids is 1. The van der Waals surface area contributed by atoms with Crippen LogP contribution >= 0.6 is 0 Å². The number of hydrogen-bond acceptors (Lipinski definition) is 3. The zero-order valence-corrected chi connectivity index (χ0v) is 15.0. The van der Waals surface area contributed by atoms with Crippen molar-refractivity contribution in [2.45, 2.75) is 33.7 Å². The number of carboxylic acid groups (broad SMARTS) is 1. The van der Waals surface area contributed by atoms with Crippen molar-refractivity contribution in [1.82, 2.24) is 9.80 Å². The van der Waals surface area contributed by atoms with Gasteiger partial charge in [-0.25, -0.2) is 0 Å². The lowest BCUT2D eigenvalue weighted by atomic mass is 9.96. The summed E-state index contributed by atoms with van der Waals surface area (Å²) >= 11 is 0. The van der Waals surface area contributed by atoms with E-state index in [4.69, 9.17) is 0 Å². The van der Waals surface area contributed by atoms with E-state index < -0.39 is 18.6 Å². The molecule has 0 radical (unpaired) electrons. The first-order chi connectivity index (χ1) is 11.7. The van der Waals surface area contributed by atoms with Crippen LogP contribution in [0.15, 0.2) is 36.5 Å². The van der Waals surface area contributed by atoms with Crippen molar-refractivity contribution in [3.63, 3.8) is 0 Å². The SMILES string of the molecule is CC(C)C(=O)N1C=C(c2ccccc2)N(CC(=O)O)C(=O)[C@@H]1C(C)C. The first kappa shape index (κ1) is 18.7. The van der Waals surface area contributed by atoms with Gasteiger partial charge in [0.05, 0.1) is 5.70 Å². The van der Waals surface area contributed by atoms with Crippen LogP contribution < -0.4 is 0 Å². The fraction of sp³-hybridized carbons (Fsp3) is 0.421. The highest BCUT2D eigenvalue weighted by atomic mass is 16.4. The van der Waals surface area contributed by atoms with Crippen LogP contribution in [0.25, 0.3) is 5.70 Å².